The van der Waals surface area contributed by atoms with Crippen LogP contribution in [-0.2, 0) is 5.75 Å². The first kappa shape index (κ1) is 12.8. The molecule has 0 radical (unpaired) electrons. The quantitative estimate of drug-likeness (QED) is 0.724. The van der Waals surface area contributed by atoms with Crippen molar-refractivity contribution in [2.24, 2.45) is 0 Å². The third-order valence-corrected chi connectivity index (χ3v) is 4.39. The molecule has 0 unspecified atom stereocenters. The summed E-state index contributed by atoms with van der Waals surface area (Å²) in [5.41, 5.74) is 2.42. The Bertz CT molecular complexity index is 491. The lowest BCUT2D eigenvalue weighted by Crippen LogP contribution is -1.92. The van der Waals surface area contributed by atoms with Crippen LogP contribution in [0.2, 0.25) is 0 Å². The number of benzene rings is 2. The molecule has 0 nitrogen and oxygen atoms in total. The van der Waals surface area contributed by atoms with Crippen LogP contribution in [0.3, 0.4) is 0 Å². The van der Waals surface area contributed by atoms with E-state index in [1.807, 2.05) is 18.2 Å². The van der Waals surface area contributed by atoms with Crippen molar-refractivity contribution in [2.45, 2.75) is 5.75 Å². The third-order valence-electron chi connectivity index (χ3n) is 2.29. The van der Waals surface area contributed by atoms with Gasteiger partial charge in [-0.2, -0.15) is 0 Å². The maximum Gasteiger partial charge on any atom is 0.0781 e. The fraction of sp³-hybridized carbons (Fsp3) is 0.0714. The van der Waals surface area contributed by atoms with E-state index in [9.17, 15) is 0 Å². The Morgan fingerprint density at radius 2 is 1.65 bits per heavy atom. The lowest BCUT2D eigenvalue weighted by atomic mass is 10.2. The number of thioether (sulfide) groups is 1. The molecular weight excluding hydrogens is 312 g/mol. The Morgan fingerprint density at radius 3 is 2.29 bits per heavy atom. The van der Waals surface area contributed by atoms with Crippen LogP contribution < -0.4 is 0 Å². The van der Waals surface area contributed by atoms with Crippen molar-refractivity contribution < 1.29 is 0 Å². The van der Waals surface area contributed by atoms with Gasteiger partial charge in [-0.25, -0.2) is 0 Å². The second-order valence-corrected chi connectivity index (χ2v) is 6.14. The maximum absolute atomic E-state index is 5.40. The number of halogens is 1. The van der Waals surface area contributed by atoms with Crippen LogP contribution in [0.15, 0.2) is 59.1 Å². The minimum atomic E-state index is 0.918. The summed E-state index contributed by atoms with van der Waals surface area (Å²) in [6, 6.07) is 18.5. The Labute approximate surface area is 120 Å². The third kappa shape index (κ3) is 3.95. The van der Waals surface area contributed by atoms with Gasteiger partial charge in [0.25, 0.3) is 0 Å². The molecule has 86 valence electrons. The second kappa shape index (κ2) is 6.34. The molecule has 2 aromatic rings. The monoisotopic (exact) mass is 322 g/mol. The number of hydrogen-bond donors (Lipinski definition) is 0. The van der Waals surface area contributed by atoms with Crippen LogP contribution in [0.1, 0.15) is 11.1 Å². The SMILES string of the molecule is S=C(SCc1ccc(Br)cc1)c1ccccc1. The molecule has 0 aromatic heterocycles. The smallest absolute Gasteiger partial charge is 0.0781 e. The average Bonchev–Trinajstić information content (AvgIpc) is 2.39. The highest BCUT2D eigenvalue weighted by Crippen LogP contribution is 2.20. The summed E-state index contributed by atoms with van der Waals surface area (Å²) in [4.78, 5) is 0. The first-order valence-electron chi connectivity index (χ1n) is 5.22. The molecule has 0 fully saturated rings. The van der Waals surface area contributed by atoms with Crippen LogP contribution in [-0.4, -0.2) is 4.20 Å². The van der Waals surface area contributed by atoms with E-state index in [0.29, 0.717) is 0 Å². The van der Waals surface area contributed by atoms with Crippen LogP contribution in [0.5, 0.6) is 0 Å². The normalized spacial score (nSPS) is 10.2. The molecule has 0 aliphatic carbocycles. The summed E-state index contributed by atoms with van der Waals surface area (Å²) in [6.45, 7) is 0. The minimum Gasteiger partial charge on any atom is -0.109 e. The molecular formula is C14H11BrS2. The molecule has 2 aromatic carbocycles. The molecule has 0 aliphatic rings. The van der Waals surface area contributed by atoms with Gasteiger partial charge in [-0.1, -0.05) is 70.6 Å². The molecule has 0 atom stereocenters. The van der Waals surface area contributed by atoms with Crippen LogP contribution >= 0.6 is 39.9 Å². The van der Waals surface area contributed by atoms with E-state index in [0.717, 1.165) is 20.0 Å². The zero-order valence-electron chi connectivity index (χ0n) is 9.10. The molecule has 0 N–H and O–H groups in total. The predicted molar refractivity (Wildman–Crippen MR) is 83.6 cm³/mol. The van der Waals surface area contributed by atoms with E-state index in [-0.39, 0.29) is 0 Å². The molecule has 0 saturated carbocycles. The van der Waals surface area contributed by atoms with Crippen LogP contribution in [0, 0.1) is 0 Å². The summed E-state index contributed by atoms with van der Waals surface area (Å²) in [7, 11) is 0. The molecule has 2 rings (SSSR count). The zero-order valence-corrected chi connectivity index (χ0v) is 12.3. The van der Waals surface area contributed by atoms with E-state index in [1.165, 1.54) is 5.56 Å². The molecule has 0 bridgehead atoms. The van der Waals surface area contributed by atoms with Gasteiger partial charge in [-0.15, -0.1) is 11.8 Å². The summed E-state index contributed by atoms with van der Waals surface area (Å²) in [5.74, 6) is 0.918. The van der Waals surface area contributed by atoms with Gasteiger partial charge in [0.05, 0.1) is 4.20 Å². The van der Waals surface area contributed by atoms with Crippen molar-refractivity contribution in [1.29, 1.82) is 0 Å². The minimum absolute atomic E-state index is 0.918. The summed E-state index contributed by atoms with van der Waals surface area (Å²) < 4.78 is 2.06. The number of thiocarbonyl (C=S) groups is 1. The van der Waals surface area contributed by atoms with Gasteiger partial charge in [0.1, 0.15) is 0 Å². The molecule has 0 heterocycles. The molecule has 0 spiro atoms. The summed E-state index contributed by atoms with van der Waals surface area (Å²) in [5, 5.41) is 0. The van der Waals surface area contributed by atoms with Crippen LogP contribution in [0.4, 0.5) is 0 Å². The Balaban J connectivity index is 1.95. The standard InChI is InChI=1S/C14H11BrS2/c15-13-8-6-11(7-9-13)10-17-14(16)12-4-2-1-3-5-12/h1-9H,10H2. The van der Waals surface area contributed by atoms with Gasteiger partial charge in [-0.3, -0.25) is 0 Å². The number of rotatable bonds is 3. The number of hydrogen-bond acceptors (Lipinski definition) is 2. The second-order valence-electron chi connectivity index (χ2n) is 3.57. The van der Waals surface area contributed by atoms with Crippen molar-refractivity contribution in [3.05, 3.63) is 70.2 Å². The topological polar surface area (TPSA) is 0 Å². The predicted octanol–water partition coefficient (Wildman–Crippen LogP) is 5.06. The van der Waals surface area contributed by atoms with Gasteiger partial charge in [0.15, 0.2) is 0 Å². The molecule has 3 heteroatoms. The Kier molecular flexibility index (Phi) is 4.77. The van der Waals surface area contributed by atoms with E-state index in [1.54, 1.807) is 11.8 Å². The van der Waals surface area contributed by atoms with Gasteiger partial charge in [0.2, 0.25) is 0 Å². The highest BCUT2D eigenvalue weighted by molar-refractivity contribution is 9.10. The summed E-state index contributed by atoms with van der Waals surface area (Å²) in [6.07, 6.45) is 0. The molecule has 17 heavy (non-hydrogen) atoms. The zero-order chi connectivity index (χ0) is 12.1. The lowest BCUT2D eigenvalue weighted by molar-refractivity contribution is 1.41. The Hall–Kier alpha value is -0.640. The van der Waals surface area contributed by atoms with E-state index >= 15 is 0 Å². The first-order valence-corrected chi connectivity index (χ1v) is 7.41. The van der Waals surface area contributed by atoms with Crippen molar-refractivity contribution >= 4 is 44.1 Å². The highest BCUT2D eigenvalue weighted by Gasteiger charge is 2.01. The average molecular weight is 323 g/mol. The lowest BCUT2D eigenvalue weighted by Gasteiger charge is -2.04. The molecule has 0 amide bonds. The van der Waals surface area contributed by atoms with Crippen LogP contribution in [0.25, 0.3) is 0 Å². The first-order chi connectivity index (χ1) is 8.25. The maximum atomic E-state index is 5.40. The van der Waals surface area contributed by atoms with E-state index in [2.05, 4.69) is 52.3 Å². The molecule has 0 saturated heterocycles. The van der Waals surface area contributed by atoms with Crippen molar-refractivity contribution in [3.8, 4) is 0 Å². The fourth-order valence-corrected chi connectivity index (χ4v) is 2.76. The van der Waals surface area contributed by atoms with Gasteiger partial charge in [-0.05, 0) is 23.3 Å². The summed E-state index contributed by atoms with van der Waals surface area (Å²) >= 11 is 10.5. The molecule has 0 aliphatic heterocycles. The largest absolute Gasteiger partial charge is 0.109 e. The van der Waals surface area contributed by atoms with Gasteiger partial charge >= 0.3 is 0 Å². The van der Waals surface area contributed by atoms with Crippen molar-refractivity contribution in [1.82, 2.24) is 0 Å². The van der Waals surface area contributed by atoms with E-state index in [4.69, 9.17) is 12.2 Å². The Morgan fingerprint density at radius 1 is 1.00 bits per heavy atom. The van der Waals surface area contributed by atoms with Crippen molar-refractivity contribution in [3.63, 3.8) is 0 Å². The van der Waals surface area contributed by atoms with Gasteiger partial charge < -0.3 is 0 Å². The highest BCUT2D eigenvalue weighted by atomic mass is 79.9. The van der Waals surface area contributed by atoms with Crippen molar-refractivity contribution in [2.75, 3.05) is 0 Å². The van der Waals surface area contributed by atoms with Gasteiger partial charge in [0, 0.05) is 10.2 Å². The van der Waals surface area contributed by atoms with E-state index < -0.39 is 0 Å². The fourth-order valence-electron chi connectivity index (χ4n) is 1.39.